The first-order valence-corrected chi connectivity index (χ1v) is 6.35. The zero-order valence-electron chi connectivity index (χ0n) is 9.86. The molecule has 4 nitrogen and oxygen atoms in total. The molecule has 2 rings (SSSR count). The van der Waals surface area contributed by atoms with E-state index < -0.39 is 0 Å². The summed E-state index contributed by atoms with van der Waals surface area (Å²) in [6.07, 6.45) is 5.26. The van der Waals surface area contributed by atoms with Crippen LogP contribution in [-0.2, 0) is 18.9 Å². The van der Waals surface area contributed by atoms with Gasteiger partial charge in [-0.25, -0.2) is 0 Å². The lowest BCUT2D eigenvalue weighted by atomic mass is 9.94. The van der Waals surface area contributed by atoms with E-state index in [9.17, 15) is 0 Å². The average molecular weight is 230 g/mol. The van der Waals surface area contributed by atoms with Crippen molar-refractivity contribution >= 4 is 0 Å². The molecule has 0 spiro atoms. The van der Waals surface area contributed by atoms with Gasteiger partial charge in [0.15, 0.2) is 0 Å². The van der Waals surface area contributed by atoms with E-state index in [0.717, 1.165) is 12.8 Å². The van der Waals surface area contributed by atoms with Gasteiger partial charge in [0.25, 0.3) is 0 Å². The van der Waals surface area contributed by atoms with Crippen LogP contribution in [0.4, 0.5) is 0 Å². The number of fused-ring (bicyclic) bond motifs is 1. The molecule has 2 aliphatic rings. The quantitative estimate of drug-likeness (QED) is 0.630. The van der Waals surface area contributed by atoms with E-state index in [4.69, 9.17) is 18.9 Å². The van der Waals surface area contributed by atoms with Gasteiger partial charge >= 0.3 is 0 Å². The molecule has 1 aliphatic heterocycles. The standard InChI is InChI=1S/C12H22O4/c1-2-4-12-11(3-1)15-9-7-13-5-6-14-8-10-16-12/h11-12H,1-10H2/t11-,12-/m0/s1. The zero-order valence-corrected chi connectivity index (χ0v) is 9.86. The van der Waals surface area contributed by atoms with Gasteiger partial charge < -0.3 is 18.9 Å². The van der Waals surface area contributed by atoms with Crippen LogP contribution in [0.1, 0.15) is 25.7 Å². The molecule has 4 heteroatoms. The summed E-state index contributed by atoms with van der Waals surface area (Å²) in [6, 6.07) is 0. The first kappa shape index (κ1) is 12.3. The Kier molecular flexibility index (Phi) is 5.55. The highest BCUT2D eigenvalue weighted by atomic mass is 16.6. The van der Waals surface area contributed by atoms with Gasteiger partial charge in [-0.2, -0.15) is 0 Å². The molecular weight excluding hydrogens is 208 g/mol. The van der Waals surface area contributed by atoms with Gasteiger partial charge in [-0.3, -0.25) is 0 Å². The second kappa shape index (κ2) is 7.22. The topological polar surface area (TPSA) is 36.9 Å². The molecule has 0 radical (unpaired) electrons. The van der Waals surface area contributed by atoms with Crippen molar-refractivity contribution in [3.8, 4) is 0 Å². The zero-order chi connectivity index (χ0) is 11.1. The Bertz CT molecular complexity index is 166. The van der Waals surface area contributed by atoms with Crippen LogP contribution in [0.5, 0.6) is 0 Å². The third-order valence-electron chi connectivity index (χ3n) is 3.13. The van der Waals surface area contributed by atoms with Gasteiger partial charge in [-0.15, -0.1) is 0 Å². The first-order chi connectivity index (χ1) is 7.97. The minimum atomic E-state index is 0.261. The number of hydrogen-bond donors (Lipinski definition) is 0. The molecule has 0 N–H and O–H groups in total. The van der Waals surface area contributed by atoms with E-state index in [1.54, 1.807) is 0 Å². The van der Waals surface area contributed by atoms with Crippen LogP contribution in [0.15, 0.2) is 0 Å². The van der Waals surface area contributed by atoms with E-state index in [1.165, 1.54) is 12.8 Å². The molecule has 1 saturated carbocycles. The second-order valence-electron chi connectivity index (χ2n) is 4.33. The van der Waals surface area contributed by atoms with Crippen molar-refractivity contribution in [1.29, 1.82) is 0 Å². The summed E-state index contributed by atoms with van der Waals surface area (Å²) in [5, 5.41) is 0. The lowest BCUT2D eigenvalue weighted by Gasteiger charge is -2.31. The molecule has 0 aromatic heterocycles. The van der Waals surface area contributed by atoms with Crippen LogP contribution in [0.25, 0.3) is 0 Å². The van der Waals surface area contributed by atoms with E-state index in [0.29, 0.717) is 39.6 Å². The van der Waals surface area contributed by atoms with Gasteiger partial charge in [-0.1, -0.05) is 12.8 Å². The van der Waals surface area contributed by atoms with Crippen LogP contribution in [-0.4, -0.2) is 51.8 Å². The van der Waals surface area contributed by atoms with E-state index in [1.807, 2.05) is 0 Å². The SMILES string of the molecule is C1CC[C@@H]2OCCOCCOCCO[C@H]2C1. The van der Waals surface area contributed by atoms with E-state index in [-0.39, 0.29) is 12.2 Å². The molecule has 94 valence electrons. The molecule has 1 heterocycles. The molecule has 0 aromatic rings. The lowest BCUT2D eigenvalue weighted by Crippen LogP contribution is -2.36. The van der Waals surface area contributed by atoms with Crippen molar-refractivity contribution in [1.82, 2.24) is 0 Å². The molecule has 0 bridgehead atoms. The van der Waals surface area contributed by atoms with Crippen molar-refractivity contribution < 1.29 is 18.9 Å². The first-order valence-electron chi connectivity index (χ1n) is 6.35. The van der Waals surface area contributed by atoms with Gasteiger partial charge in [0.05, 0.1) is 51.8 Å². The van der Waals surface area contributed by atoms with Crippen molar-refractivity contribution in [3.63, 3.8) is 0 Å². The summed E-state index contributed by atoms with van der Waals surface area (Å²) in [5.74, 6) is 0. The Morgan fingerprint density at radius 3 is 1.50 bits per heavy atom. The Balaban J connectivity index is 1.79. The summed E-state index contributed by atoms with van der Waals surface area (Å²) in [4.78, 5) is 0. The second-order valence-corrected chi connectivity index (χ2v) is 4.33. The van der Waals surface area contributed by atoms with Crippen molar-refractivity contribution in [2.45, 2.75) is 37.9 Å². The Labute approximate surface area is 97.2 Å². The lowest BCUT2D eigenvalue weighted by molar-refractivity contribution is -0.119. The fourth-order valence-corrected chi connectivity index (χ4v) is 2.28. The van der Waals surface area contributed by atoms with Crippen molar-refractivity contribution in [3.05, 3.63) is 0 Å². The average Bonchev–Trinajstić information content (AvgIpc) is 2.30. The third-order valence-corrected chi connectivity index (χ3v) is 3.13. The molecule has 0 unspecified atom stereocenters. The number of rotatable bonds is 0. The van der Waals surface area contributed by atoms with Crippen molar-refractivity contribution in [2.24, 2.45) is 0 Å². The largest absolute Gasteiger partial charge is 0.377 e. The molecule has 16 heavy (non-hydrogen) atoms. The van der Waals surface area contributed by atoms with Crippen LogP contribution in [0.2, 0.25) is 0 Å². The predicted octanol–water partition coefficient (Wildman–Crippen LogP) is 1.38. The predicted molar refractivity (Wildman–Crippen MR) is 59.6 cm³/mol. The molecule has 2 atom stereocenters. The van der Waals surface area contributed by atoms with Crippen LogP contribution in [0.3, 0.4) is 0 Å². The van der Waals surface area contributed by atoms with Crippen LogP contribution < -0.4 is 0 Å². The van der Waals surface area contributed by atoms with Crippen LogP contribution >= 0.6 is 0 Å². The molecular formula is C12H22O4. The smallest absolute Gasteiger partial charge is 0.0837 e. The monoisotopic (exact) mass is 230 g/mol. The summed E-state index contributed by atoms with van der Waals surface area (Å²) >= 11 is 0. The minimum Gasteiger partial charge on any atom is -0.377 e. The van der Waals surface area contributed by atoms with Crippen molar-refractivity contribution in [2.75, 3.05) is 39.6 Å². The minimum absolute atomic E-state index is 0.261. The maximum Gasteiger partial charge on any atom is 0.0837 e. The fourth-order valence-electron chi connectivity index (χ4n) is 2.28. The Hall–Kier alpha value is -0.160. The molecule has 1 aliphatic carbocycles. The highest BCUT2D eigenvalue weighted by Crippen LogP contribution is 2.23. The third kappa shape index (κ3) is 4.01. The molecule has 2 fully saturated rings. The Morgan fingerprint density at radius 1 is 0.562 bits per heavy atom. The number of hydrogen-bond acceptors (Lipinski definition) is 4. The van der Waals surface area contributed by atoms with Crippen LogP contribution in [0, 0.1) is 0 Å². The maximum absolute atomic E-state index is 5.83. The molecule has 0 amide bonds. The summed E-state index contributed by atoms with van der Waals surface area (Å²) in [6.45, 7) is 3.96. The molecule has 0 aromatic carbocycles. The summed E-state index contributed by atoms with van der Waals surface area (Å²) in [5.41, 5.74) is 0. The highest BCUT2D eigenvalue weighted by Gasteiger charge is 2.26. The number of ether oxygens (including phenoxy) is 4. The van der Waals surface area contributed by atoms with E-state index in [2.05, 4.69) is 0 Å². The Morgan fingerprint density at radius 2 is 1.00 bits per heavy atom. The summed E-state index contributed by atoms with van der Waals surface area (Å²) in [7, 11) is 0. The van der Waals surface area contributed by atoms with E-state index >= 15 is 0 Å². The summed E-state index contributed by atoms with van der Waals surface area (Å²) < 4.78 is 22.4. The molecule has 1 saturated heterocycles. The maximum atomic E-state index is 5.83. The van der Waals surface area contributed by atoms with Gasteiger partial charge in [0.2, 0.25) is 0 Å². The van der Waals surface area contributed by atoms with Gasteiger partial charge in [0.1, 0.15) is 0 Å². The highest BCUT2D eigenvalue weighted by molar-refractivity contribution is 4.76. The van der Waals surface area contributed by atoms with Gasteiger partial charge in [-0.05, 0) is 12.8 Å². The normalized spacial score (nSPS) is 34.5. The van der Waals surface area contributed by atoms with Gasteiger partial charge in [0, 0.05) is 0 Å². The fraction of sp³-hybridized carbons (Fsp3) is 1.00.